The molecule has 82 valence electrons. The van der Waals surface area contributed by atoms with Gasteiger partial charge in [-0.3, -0.25) is 4.90 Å². The Balaban J connectivity index is 1.95. The van der Waals surface area contributed by atoms with Crippen LogP contribution in [-0.4, -0.2) is 23.5 Å². The van der Waals surface area contributed by atoms with Crippen molar-refractivity contribution in [3.63, 3.8) is 0 Å². The quantitative estimate of drug-likeness (QED) is 0.798. The second-order valence-electron chi connectivity index (χ2n) is 4.59. The summed E-state index contributed by atoms with van der Waals surface area (Å²) in [6.45, 7) is 4.48. The van der Waals surface area contributed by atoms with Crippen LogP contribution in [0.15, 0.2) is 30.3 Å². The average molecular weight is 204 g/mol. The third-order valence-electron chi connectivity index (χ3n) is 3.28. The fraction of sp³-hybridized carbons (Fsp3) is 0.538. The van der Waals surface area contributed by atoms with E-state index in [1.807, 2.05) is 0 Å². The summed E-state index contributed by atoms with van der Waals surface area (Å²) in [6, 6.07) is 11.7. The van der Waals surface area contributed by atoms with Crippen molar-refractivity contribution in [1.82, 2.24) is 4.90 Å². The largest absolute Gasteiger partial charge is 0.328 e. The molecule has 0 radical (unpaired) electrons. The van der Waals surface area contributed by atoms with E-state index in [2.05, 4.69) is 42.2 Å². The lowest BCUT2D eigenvalue weighted by Gasteiger charge is -2.36. The minimum Gasteiger partial charge on any atom is -0.328 e. The first kappa shape index (κ1) is 10.7. The van der Waals surface area contributed by atoms with Crippen molar-refractivity contribution in [3.8, 4) is 0 Å². The molecule has 0 aliphatic carbocycles. The molecule has 1 aliphatic heterocycles. The highest BCUT2D eigenvalue weighted by Crippen LogP contribution is 2.18. The van der Waals surface area contributed by atoms with Crippen molar-refractivity contribution < 1.29 is 0 Å². The third kappa shape index (κ3) is 2.80. The zero-order valence-corrected chi connectivity index (χ0v) is 9.39. The monoisotopic (exact) mass is 204 g/mol. The Morgan fingerprint density at radius 3 is 2.73 bits per heavy atom. The zero-order valence-electron chi connectivity index (χ0n) is 9.39. The van der Waals surface area contributed by atoms with Gasteiger partial charge < -0.3 is 5.73 Å². The summed E-state index contributed by atoms with van der Waals surface area (Å²) in [5.41, 5.74) is 7.36. The first-order valence-corrected chi connectivity index (χ1v) is 5.79. The van der Waals surface area contributed by atoms with E-state index >= 15 is 0 Å². The Kier molecular flexibility index (Phi) is 3.39. The molecule has 2 N–H and O–H groups in total. The molecule has 2 rings (SSSR count). The fourth-order valence-electron chi connectivity index (χ4n) is 2.31. The topological polar surface area (TPSA) is 29.3 Å². The van der Waals surface area contributed by atoms with Gasteiger partial charge in [-0.05, 0) is 25.3 Å². The molecular formula is C13H20N2. The molecule has 1 saturated heterocycles. The number of nitrogens with zero attached hydrogens (tertiary/aromatic N) is 1. The van der Waals surface area contributed by atoms with Gasteiger partial charge >= 0.3 is 0 Å². The molecule has 0 amide bonds. The Labute approximate surface area is 92.1 Å². The van der Waals surface area contributed by atoms with E-state index < -0.39 is 0 Å². The summed E-state index contributed by atoms with van der Waals surface area (Å²) in [5.74, 6) is 0. The summed E-state index contributed by atoms with van der Waals surface area (Å²) in [4.78, 5) is 2.53. The number of hydrogen-bond donors (Lipinski definition) is 1. The van der Waals surface area contributed by atoms with E-state index in [-0.39, 0.29) is 0 Å². The van der Waals surface area contributed by atoms with E-state index in [1.165, 1.54) is 5.56 Å². The first-order valence-electron chi connectivity index (χ1n) is 5.79. The van der Waals surface area contributed by atoms with Crippen LogP contribution in [0.4, 0.5) is 0 Å². The normalized spacial score (nSPS) is 27.9. The summed E-state index contributed by atoms with van der Waals surface area (Å²) >= 11 is 0. The maximum absolute atomic E-state index is 5.95. The lowest BCUT2D eigenvalue weighted by molar-refractivity contribution is 0.140. The van der Waals surface area contributed by atoms with Crippen molar-refractivity contribution in [2.45, 2.75) is 38.4 Å². The van der Waals surface area contributed by atoms with Crippen molar-refractivity contribution in [3.05, 3.63) is 35.9 Å². The highest BCUT2D eigenvalue weighted by atomic mass is 15.2. The average Bonchev–Trinajstić information content (AvgIpc) is 2.24. The molecule has 0 aromatic heterocycles. The summed E-state index contributed by atoms with van der Waals surface area (Å²) < 4.78 is 0. The SMILES string of the molecule is CC1CC(N)CCN1Cc1ccccc1. The molecule has 0 spiro atoms. The minimum absolute atomic E-state index is 0.409. The Morgan fingerprint density at radius 2 is 2.07 bits per heavy atom. The predicted octanol–water partition coefficient (Wildman–Crippen LogP) is 2.00. The van der Waals surface area contributed by atoms with Crippen LogP contribution in [-0.2, 0) is 6.54 Å². The van der Waals surface area contributed by atoms with Crippen LogP contribution < -0.4 is 5.73 Å². The van der Waals surface area contributed by atoms with Gasteiger partial charge in [0, 0.05) is 25.2 Å². The number of benzene rings is 1. The Morgan fingerprint density at radius 1 is 1.33 bits per heavy atom. The molecule has 1 heterocycles. The molecular weight excluding hydrogens is 184 g/mol. The molecule has 1 aromatic rings. The van der Waals surface area contributed by atoms with Crippen molar-refractivity contribution in [1.29, 1.82) is 0 Å². The van der Waals surface area contributed by atoms with E-state index in [0.29, 0.717) is 12.1 Å². The lowest BCUT2D eigenvalue weighted by Crippen LogP contribution is -2.44. The first-order chi connectivity index (χ1) is 7.25. The van der Waals surface area contributed by atoms with Crippen LogP contribution in [0.2, 0.25) is 0 Å². The highest BCUT2D eigenvalue weighted by molar-refractivity contribution is 5.14. The molecule has 2 heteroatoms. The molecule has 2 nitrogen and oxygen atoms in total. The van der Waals surface area contributed by atoms with Gasteiger partial charge in [0.25, 0.3) is 0 Å². The van der Waals surface area contributed by atoms with Gasteiger partial charge in [-0.25, -0.2) is 0 Å². The maximum Gasteiger partial charge on any atom is 0.0236 e. The van der Waals surface area contributed by atoms with Gasteiger partial charge in [0.05, 0.1) is 0 Å². The van der Waals surface area contributed by atoms with Crippen LogP contribution in [0.5, 0.6) is 0 Å². The summed E-state index contributed by atoms with van der Waals surface area (Å²) in [5, 5.41) is 0. The van der Waals surface area contributed by atoms with Gasteiger partial charge in [-0.15, -0.1) is 0 Å². The van der Waals surface area contributed by atoms with Crippen LogP contribution in [0, 0.1) is 0 Å². The zero-order chi connectivity index (χ0) is 10.7. The van der Waals surface area contributed by atoms with Crippen molar-refractivity contribution >= 4 is 0 Å². The number of likely N-dealkylation sites (tertiary alicyclic amines) is 1. The van der Waals surface area contributed by atoms with Crippen LogP contribution in [0.3, 0.4) is 0 Å². The van der Waals surface area contributed by atoms with Gasteiger partial charge in [0.1, 0.15) is 0 Å². The van der Waals surface area contributed by atoms with Gasteiger partial charge in [0.2, 0.25) is 0 Å². The summed E-state index contributed by atoms with van der Waals surface area (Å²) in [6.07, 6.45) is 2.27. The van der Waals surface area contributed by atoms with E-state index in [4.69, 9.17) is 5.73 Å². The van der Waals surface area contributed by atoms with Gasteiger partial charge in [0.15, 0.2) is 0 Å². The van der Waals surface area contributed by atoms with Crippen LogP contribution in [0.25, 0.3) is 0 Å². The molecule has 2 atom stereocenters. The standard InChI is InChI=1S/C13H20N2/c1-11-9-13(14)7-8-15(11)10-12-5-3-2-4-6-12/h2-6,11,13H,7-10,14H2,1H3. The van der Waals surface area contributed by atoms with Gasteiger partial charge in [-0.2, -0.15) is 0 Å². The molecule has 1 aliphatic rings. The number of piperidine rings is 1. The maximum atomic E-state index is 5.95. The third-order valence-corrected chi connectivity index (χ3v) is 3.28. The minimum atomic E-state index is 0.409. The lowest BCUT2D eigenvalue weighted by atomic mass is 9.98. The Bertz CT molecular complexity index is 297. The van der Waals surface area contributed by atoms with Crippen molar-refractivity contribution in [2.75, 3.05) is 6.54 Å². The smallest absolute Gasteiger partial charge is 0.0236 e. The molecule has 2 unspecified atom stereocenters. The molecule has 1 aromatic carbocycles. The van der Waals surface area contributed by atoms with E-state index in [9.17, 15) is 0 Å². The molecule has 1 fully saturated rings. The number of nitrogens with two attached hydrogens (primary N) is 1. The second kappa shape index (κ2) is 4.77. The van der Waals surface area contributed by atoms with Gasteiger partial charge in [-0.1, -0.05) is 30.3 Å². The number of hydrogen-bond acceptors (Lipinski definition) is 2. The van der Waals surface area contributed by atoms with E-state index in [0.717, 1.165) is 25.9 Å². The van der Waals surface area contributed by atoms with Crippen LogP contribution >= 0.6 is 0 Å². The fourth-order valence-corrected chi connectivity index (χ4v) is 2.31. The molecule has 0 bridgehead atoms. The summed E-state index contributed by atoms with van der Waals surface area (Å²) in [7, 11) is 0. The second-order valence-corrected chi connectivity index (χ2v) is 4.59. The molecule has 15 heavy (non-hydrogen) atoms. The van der Waals surface area contributed by atoms with Crippen molar-refractivity contribution in [2.24, 2.45) is 5.73 Å². The predicted molar refractivity (Wildman–Crippen MR) is 63.5 cm³/mol. The highest BCUT2D eigenvalue weighted by Gasteiger charge is 2.22. The molecule has 0 saturated carbocycles. The number of rotatable bonds is 2. The Hall–Kier alpha value is -0.860. The van der Waals surface area contributed by atoms with Crippen LogP contribution in [0.1, 0.15) is 25.3 Å². The van der Waals surface area contributed by atoms with E-state index in [1.54, 1.807) is 0 Å².